The number of guanidine groups is 1. The third-order valence-corrected chi connectivity index (χ3v) is 3.56. The zero-order valence-electron chi connectivity index (χ0n) is 14.0. The van der Waals surface area contributed by atoms with Crippen LogP contribution in [-0.4, -0.2) is 44.7 Å². The third-order valence-electron chi connectivity index (χ3n) is 3.56. The van der Waals surface area contributed by atoms with Gasteiger partial charge in [0.15, 0.2) is 5.96 Å². The summed E-state index contributed by atoms with van der Waals surface area (Å²) >= 11 is 0. The first kappa shape index (κ1) is 21.8. The molecule has 2 N–H and O–H groups in total. The summed E-state index contributed by atoms with van der Waals surface area (Å²) in [7, 11) is 0. The predicted octanol–water partition coefficient (Wildman–Crippen LogP) is 3.27. The lowest BCUT2D eigenvalue weighted by atomic mass is 9.78. The van der Waals surface area contributed by atoms with Crippen molar-refractivity contribution in [3.05, 3.63) is 0 Å². The van der Waals surface area contributed by atoms with Crippen LogP contribution in [0.15, 0.2) is 4.99 Å². The van der Waals surface area contributed by atoms with Crippen molar-refractivity contribution in [3.63, 3.8) is 0 Å². The molecule has 1 aliphatic heterocycles. The molecule has 0 amide bonds. The van der Waals surface area contributed by atoms with E-state index in [0.29, 0.717) is 25.0 Å². The molecule has 0 radical (unpaired) electrons. The number of nitrogens with zero attached hydrogens (tertiary/aromatic N) is 1. The van der Waals surface area contributed by atoms with Gasteiger partial charge in [-0.3, -0.25) is 0 Å². The SMILES string of the molecule is CCNC(=NCC(F)F)NCC1CCCOC1C(C)(C)C.I. The maximum Gasteiger partial charge on any atom is 0.257 e. The van der Waals surface area contributed by atoms with Crippen molar-refractivity contribution in [3.8, 4) is 0 Å². The van der Waals surface area contributed by atoms with E-state index in [-0.39, 0.29) is 35.5 Å². The van der Waals surface area contributed by atoms with E-state index in [2.05, 4.69) is 36.4 Å². The summed E-state index contributed by atoms with van der Waals surface area (Å²) in [6, 6.07) is 0. The molecule has 0 bridgehead atoms. The van der Waals surface area contributed by atoms with Gasteiger partial charge in [0.05, 0.1) is 6.10 Å². The highest BCUT2D eigenvalue weighted by Crippen LogP contribution is 2.33. The molecule has 4 nitrogen and oxygen atoms in total. The van der Waals surface area contributed by atoms with Gasteiger partial charge in [-0.1, -0.05) is 20.8 Å². The molecule has 0 saturated carbocycles. The van der Waals surface area contributed by atoms with Gasteiger partial charge in [-0.25, -0.2) is 13.8 Å². The standard InChI is InChI=1S/C15H29F2N3O.HI/c1-5-18-14(20-10-12(16)17)19-9-11-7-6-8-21-13(11)15(2,3)4;/h11-13H,5-10H2,1-4H3,(H2,18,19,20);1H. The Morgan fingerprint density at radius 1 is 1.32 bits per heavy atom. The van der Waals surface area contributed by atoms with Gasteiger partial charge in [0.25, 0.3) is 6.43 Å². The Kier molecular flexibility index (Phi) is 10.5. The van der Waals surface area contributed by atoms with Crippen molar-refractivity contribution in [1.29, 1.82) is 0 Å². The molecule has 7 heteroatoms. The van der Waals surface area contributed by atoms with Crippen molar-refractivity contribution in [2.45, 2.75) is 53.1 Å². The second kappa shape index (κ2) is 10.6. The molecule has 132 valence electrons. The molecule has 1 fully saturated rings. The van der Waals surface area contributed by atoms with Gasteiger partial charge in [0.1, 0.15) is 6.54 Å². The smallest absolute Gasteiger partial charge is 0.257 e. The largest absolute Gasteiger partial charge is 0.377 e. The summed E-state index contributed by atoms with van der Waals surface area (Å²) in [6.07, 6.45) is -0.107. The van der Waals surface area contributed by atoms with Crippen LogP contribution in [0.4, 0.5) is 8.78 Å². The predicted molar refractivity (Wildman–Crippen MR) is 97.3 cm³/mol. The van der Waals surface area contributed by atoms with Crippen LogP contribution >= 0.6 is 24.0 Å². The number of hydrogen-bond acceptors (Lipinski definition) is 2. The first-order valence-corrected chi connectivity index (χ1v) is 7.76. The van der Waals surface area contributed by atoms with Crippen LogP contribution in [-0.2, 0) is 4.74 Å². The van der Waals surface area contributed by atoms with Crippen LogP contribution in [0.5, 0.6) is 0 Å². The maximum atomic E-state index is 12.3. The van der Waals surface area contributed by atoms with E-state index < -0.39 is 13.0 Å². The minimum absolute atomic E-state index is 0. The molecule has 2 unspecified atom stereocenters. The van der Waals surface area contributed by atoms with Crippen LogP contribution in [0.2, 0.25) is 0 Å². The number of aliphatic imine (C=N–C) groups is 1. The normalized spacial score (nSPS) is 23.1. The van der Waals surface area contributed by atoms with Crippen molar-refractivity contribution < 1.29 is 13.5 Å². The lowest BCUT2D eigenvalue weighted by molar-refractivity contribution is -0.0835. The van der Waals surface area contributed by atoms with Crippen molar-refractivity contribution >= 4 is 29.9 Å². The number of ether oxygens (including phenoxy) is 1. The van der Waals surface area contributed by atoms with E-state index >= 15 is 0 Å². The Hall–Kier alpha value is -0.180. The molecule has 0 aromatic rings. The van der Waals surface area contributed by atoms with Crippen LogP contribution in [0.25, 0.3) is 0 Å². The average molecular weight is 433 g/mol. The molecule has 0 spiro atoms. The molecule has 1 heterocycles. The molecular formula is C15H30F2IN3O. The van der Waals surface area contributed by atoms with E-state index in [4.69, 9.17) is 4.74 Å². The Morgan fingerprint density at radius 3 is 2.55 bits per heavy atom. The Bertz CT molecular complexity index is 335. The third kappa shape index (κ3) is 7.89. The summed E-state index contributed by atoms with van der Waals surface area (Å²) < 4.78 is 30.5. The minimum atomic E-state index is -2.42. The fourth-order valence-corrected chi connectivity index (χ4v) is 2.74. The molecule has 0 aromatic carbocycles. The highest BCUT2D eigenvalue weighted by atomic mass is 127. The fourth-order valence-electron chi connectivity index (χ4n) is 2.74. The highest BCUT2D eigenvalue weighted by molar-refractivity contribution is 14.0. The molecule has 1 rings (SSSR count). The van der Waals surface area contributed by atoms with Crippen LogP contribution < -0.4 is 10.6 Å². The van der Waals surface area contributed by atoms with E-state index in [1.165, 1.54) is 0 Å². The van der Waals surface area contributed by atoms with E-state index in [9.17, 15) is 8.78 Å². The molecule has 22 heavy (non-hydrogen) atoms. The highest BCUT2D eigenvalue weighted by Gasteiger charge is 2.35. The van der Waals surface area contributed by atoms with Crippen molar-refractivity contribution in [1.82, 2.24) is 10.6 Å². The van der Waals surface area contributed by atoms with Gasteiger partial charge in [-0.15, -0.1) is 24.0 Å². The summed E-state index contributed by atoms with van der Waals surface area (Å²) in [6.45, 7) is 10.1. The zero-order valence-corrected chi connectivity index (χ0v) is 16.3. The van der Waals surface area contributed by atoms with Gasteiger partial charge in [-0.05, 0) is 25.2 Å². The summed E-state index contributed by atoms with van der Waals surface area (Å²) in [5.41, 5.74) is 0.0746. The number of rotatable bonds is 5. The van der Waals surface area contributed by atoms with Gasteiger partial charge >= 0.3 is 0 Å². The maximum absolute atomic E-state index is 12.3. The molecule has 1 aliphatic rings. The number of halogens is 3. The Labute approximate surface area is 149 Å². The van der Waals surface area contributed by atoms with E-state index in [1.54, 1.807) is 0 Å². The monoisotopic (exact) mass is 433 g/mol. The van der Waals surface area contributed by atoms with Crippen LogP contribution in [0.1, 0.15) is 40.5 Å². The molecule has 1 saturated heterocycles. The lowest BCUT2D eigenvalue weighted by Crippen LogP contribution is -2.47. The first-order chi connectivity index (χ1) is 9.84. The molecule has 0 aliphatic carbocycles. The number of nitrogens with one attached hydrogen (secondary N) is 2. The summed E-state index contributed by atoms with van der Waals surface area (Å²) in [5, 5.41) is 6.17. The van der Waals surface area contributed by atoms with Crippen LogP contribution in [0.3, 0.4) is 0 Å². The summed E-state index contributed by atoms with van der Waals surface area (Å²) in [4.78, 5) is 3.89. The minimum Gasteiger partial charge on any atom is -0.377 e. The zero-order chi connectivity index (χ0) is 15.9. The quantitative estimate of drug-likeness (QED) is 0.398. The Balaban J connectivity index is 0.00000441. The van der Waals surface area contributed by atoms with Crippen LogP contribution in [0, 0.1) is 11.3 Å². The van der Waals surface area contributed by atoms with Crippen molar-refractivity contribution in [2.75, 3.05) is 26.2 Å². The molecular weight excluding hydrogens is 403 g/mol. The van der Waals surface area contributed by atoms with Gasteiger partial charge < -0.3 is 15.4 Å². The number of hydrogen-bond donors (Lipinski definition) is 2. The topological polar surface area (TPSA) is 45.7 Å². The molecule has 2 atom stereocenters. The molecule has 0 aromatic heterocycles. The average Bonchev–Trinajstić information content (AvgIpc) is 2.41. The Morgan fingerprint density at radius 2 is 2.00 bits per heavy atom. The van der Waals surface area contributed by atoms with Gasteiger partial charge in [0, 0.05) is 25.6 Å². The first-order valence-electron chi connectivity index (χ1n) is 7.76. The second-order valence-electron chi connectivity index (χ2n) is 6.55. The van der Waals surface area contributed by atoms with Crippen molar-refractivity contribution in [2.24, 2.45) is 16.3 Å². The van der Waals surface area contributed by atoms with Gasteiger partial charge in [0.2, 0.25) is 0 Å². The fraction of sp³-hybridized carbons (Fsp3) is 0.933. The van der Waals surface area contributed by atoms with Gasteiger partial charge in [-0.2, -0.15) is 0 Å². The lowest BCUT2D eigenvalue weighted by Gasteiger charge is -2.40. The van der Waals surface area contributed by atoms with E-state index in [0.717, 1.165) is 19.4 Å². The number of alkyl halides is 2. The second-order valence-corrected chi connectivity index (χ2v) is 6.55. The summed E-state index contributed by atoms with van der Waals surface area (Å²) in [5.74, 6) is 0.824. The van der Waals surface area contributed by atoms with E-state index in [1.807, 2.05) is 6.92 Å².